The first kappa shape index (κ1) is 9.34. The lowest BCUT2D eigenvalue weighted by molar-refractivity contribution is 0.491. The molecule has 0 aromatic heterocycles. The summed E-state index contributed by atoms with van der Waals surface area (Å²) in [5.74, 6) is 0.936. The Labute approximate surface area is 74.5 Å². The van der Waals surface area contributed by atoms with Crippen molar-refractivity contribution < 1.29 is 0 Å². The van der Waals surface area contributed by atoms with Crippen LogP contribution in [0.5, 0.6) is 0 Å². The van der Waals surface area contributed by atoms with Gasteiger partial charge in [-0.2, -0.15) is 0 Å². The Balaban J connectivity index is 1.94. The lowest BCUT2D eigenvalue weighted by Gasteiger charge is -2.10. The molecule has 0 saturated heterocycles. The van der Waals surface area contributed by atoms with E-state index < -0.39 is 0 Å². The van der Waals surface area contributed by atoms with E-state index in [0.29, 0.717) is 0 Å². The zero-order valence-electron chi connectivity index (χ0n) is 7.28. The van der Waals surface area contributed by atoms with Gasteiger partial charge in [-0.3, -0.25) is 0 Å². The number of alkyl halides is 1. The highest BCUT2D eigenvalue weighted by molar-refractivity contribution is 6.20. The van der Waals surface area contributed by atoms with E-state index in [1.807, 2.05) is 6.92 Å². The zero-order valence-corrected chi connectivity index (χ0v) is 8.03. The van der Waals surface area contributed by atoms with Crippen LogP contribution in [0.4, 0.5) is 0 Å². The Kier molecular flexibility index (Phi) is 4.24. The molecule has 66 valence electrons. The third-order valence-corrected chi connectivity index (χ3v) is 2.49. The van der Waals surface area contributed by atoms with Crippen molar-refractivity contribution in [2.45, 2.75) is 38.0 Å². The fraction of sp³-hybridized carbons (Fsp3) is 1.00. The minimum atomic E-state index is 0.274. The molecule has 1 N–H and O–H groups in total. The molecule has 1 nitrogen and oxygen atoms in total. The van der Waals surface area contributed by atoms with Gasteiger partial charge in [-0.15, -0.1) is 11.6 Å². The van der Waals surface area contributed by atoms with Crippen molar-refractivity contribution >= 4 is 11.6 Å². The van der Waals surface area contributed by atoms with Crippen molar-refractivity contribution in [2.75, 3.05) is 13.1 Å². The molecule has 0 aliphatic heterocycles. The first-order valence-corrected chi connectivity index (χ1v) is 5.07. The summed E-state index contributed by atoms with van der Waals surface area (Å²) in [6, 6.07) is 0. The Bertz CT molecular complexity index is 97.7. The Morgan fingerprint density at radius 1 is 1.45 bits per heavy atom. The quantitative estimate of drug-likeness (QED) is 0.648. The van der Waals surface area contributed by atoms with E-state index in [9.17, 15) is 0 Å². The minimum absolute atomic E-state index is 0.274. The van der Waals surface area contributed by atoms with Crippen LogP contribution in [0, 0.1) is 5.92 Å². The molecule has 1 atom stereocenters. The van der Waals surface area contributed by atoms with Crippen LogP contribution < -0.4 is 5.32 Å². The molecule has 1 aliphatic rings. The number of hydrogen-bond donors (Lipinski definition) is 1. The molecule has 0 amide bonds. The molecule has 0 aromatic rings. The van der Waals surface area contributed by atoms with Crippen LogP contribution in [0.1, 0.15) is 32.6 Å². The highest BCUT2D eigenvalue weighted by atomic mass is 35.5. The van der Waals surface area contributed by atoms with Gasteiger partial charge in [-0.1, -0.05) is 12.8 Å². The molecule has 1 saturated carbocycles. The van der Waals surface area contributed by atoms with Gasteiger partial charge < -0.3 is 5.32 Å². The predicted molar refractivity (Wildman–Crippen MR) is 50.1 cm³/mol. The van der Waals surface area contributed by atoms with E-state index in [0.717, 1.165) is 12.5 Å². The molecule has 1 rings (SSSR count). The number of halogens is 1. The van der Waals surface area contributed by atoms with E-state index in [2.05, 4.69) is 5.32 Å². The molecule has 0 spiro atoms. The molecule has 1 aliphatic carbocycles. The number of nitrogens with one attached hydrogen (secondary N) is 1. The first-order valence-electron chi connectivity index (χ1n) is 4.64. The Morgan fingerprint density at radius 3 is 2.64 bits per heavy atom. The van der Waals surface area contributed by atoms with Crippen molar-refractivity contribution in [3.8, 4) is 0 Å². The summed E-state index contributed by atoms with van der Waals surface area (Å²) in [5.41, 5.74) is 0. The summed E-state index contributed by atoms with van der Waals surface area (Å²) >= 11 is 5.80. The van der Waals surface area contributed by atoms with Gasteiger partial charge in [-0.25, -0.2) is 0 Å². The van der Waals surface area contributed by atoms with Crippen LogP contribution in [-0.2, 0) is 0 Å². The van der Waals surface area contributed by atoms with E-state index in [1.165, 1.54) is 32.2 Å². The smallest absolute Gasteiger partial charge is 0.0432 e. The number of rotatable bonds is 4. The van der Waals surface area contributed by atoms with Crippen molar-refractivity contribution in [3.05, 3.63) is 0 Å². The normalized spacial score (nSPS) is 22.4. The van der Waals surface area contributed by atoms with Gasteiger partial charge in [0, 0.05) is 11.9 Å². The zero-order chi connectivity index (χ0) is 8.10. The topological polar surface area (TPSA) is 12.0 Å². The fourth-order valence-electron chi connectivity index (χ4n) is 1.70. The van der Waals surface area contributed by atoms with Gasteiger partial charge in [0.15, 0.2) is 0 Å². The highest BCUT2D eigenvalue weighted by Gasteiger charge is 2.13. The highest BCUT2D eigenvalue weighted by Crippen LogP contribution is 2.23. The van der Waals surface area contributed by atoms with E-state index in [4.69, 9.17) is 11.6 Å². The van der Waals surface area contributed by atoms with Crippen LogP contribution in [0.2, 0.25) is 0 Å². The first-order chi connectivity index (χ1) is 5.29. The third kappa shape index (κ3) is 3.97. The molecule has 2 heteroatoms. The predicted octanol–water partition coefficient (Wildman–Crippen LogP) is 2.39. The van der Waals surface area contributed by atoms with Gasteiger partial charge in [0.25, 0.3) is 0 Å². The largest absolute Gasteiger partial charge is 0.315 e. The molecular formula is C9H18ClN. The summed E-state index contributed by atoms with van der Waals surface area (Å²) in [6.07, 6.45) is 5.71. The molecule has 0 aromatic carbocycles. The van der Waals surface area contributed by atoms with Crippen LogP contribution in [0.15, 0.2) is 0 Å². The fourth-order valence-corrected chi connectivity index (χ4v) is 1.81. The summed E-state index contributed by atoms with van der Waals surface area (Å²) in [6.45, 7) is 4.16. The van der Waals surface area contributed by atoms with Crippen molar-refractivity contribution in [2.24, 2.45) is 5.92 Å². The van der Waals surface area contributed by atoms with Gasteiger partial charge in [0.05, 0.1) is 0 Å². The van der Waals surface area contributed by atoms with Crippen molar-refractivity contribution in [1.82, 2.24) is 5.32 Å². The van der Waals surface area contributed by atoms with Gasteiger partial charge in [0.1, 0.15) is 0 Å². The minimum Gasteiger partial charge on any atom is -0.315 e. The van der Waals surface area contributed by atoms with Gasteiger partial charge in [-0.05, 0) is 32.2 Å². The molecule has 1 fully saturated rings. The maximum absolute atomic E-state index is 5.80. The SMILES string of the molecule is CC(Cl)CNCC1CCCC1. The van der Waals surface area contributed by atoms with Crippen molar-refractivity contribution in [3.63, 3.8) is 0 Å². The Morgan fingerprint density at radius 2 is 2.09 bits per heavy atom. The molecular weight excluding hydrogens is 158 g/mol. The lowest BCUT2D eigenvalue weighted by atomic mass is 10.1. The second-order valence-corrected chi connectivity index (χ2v) is 4.33. The molecule has 0 heterocycles. The van der Waals surface area contributed by atoms with Gasteiger partial charge in [0.2, 0.25) is 0 Å². The maximum atomic E-state index is 5.80. The summed E-state index contributed by atoms with van der Waals surface area (Å²) < 4.78 is 0. The molecule has 0 radical (unpaired) electrons. The van der Waals surface area contributed by atoms with E-state index in [1.54, 1.807) is 0 Å². The summed E-state index contributed by atoms with van der Waals surface area (Å²) in [4.78, 5) is 0. The molecule has 11 heavy (non-hydrogen) atoms. The van der Waals surface area contributed by atoms with Gasteiger partial charge >= 0.3 is 0 Å². The average molecular weight is 176 g/mol. The lowest BCUT2D eigenvalue weighted by Crippen LogP contribution is -2.26. The third-order valence-electron chi connectivity index (χ3n) is 2.33. The van der Waals surface area contributed by atoms with Crippen LogP contribution in [-0.4, -0.2) is 18.5 Å². The average Bonchev–Trinajstić information content (AvgIpc) is 2.39. The van der Waals surface area contributed by atoms with Crippen LogP contribution >= 0.6 is 11.6 Å². The molecule has 1 unspecified atom stereocenters. The second kappa shape index (κ2) is 5.00. The second-order valence-electron chi connectivity index (χ2n) is 3.59. The monoisotopic (exact) mass is 175 g/mol. The van der Waals surface area contributed by atoms with Crippen LogP contribution in [0.25, 0.3) is 0 Å². The van der Waals surface area contributed by atoms with Crippen LogP contribution in [0.3, 0.4) is 0 Å². The van der Waals surface area contributed by atoms with Crippen molar-refractivity contribution in [1.29, 1.82) is 0 Å². The van der Waals surface area contributed by atoms with E-state index in [-0.39, 0.29) is 5.38 Å². The summed E-state index contributed by atoms with van der Waals surface area (Å²) in [7, 11) is 0. The Hall–Kier alpha value is 0.250. The standard InChI is InChI=1S/C9H18ClN/c1-8(10)6-11-7-9-4-2-3-5-9/h8-9,11H,2-7H2,1H3. The molecule has 0 bridgehead atoms. The number of hydrogen-bond acceptors (Lipinski definition) is 1. The summed E-state index contributed by atoms with van der Waals surface area (Å²) in [5, 5.41) is 3.67. The van der Waals surface area contributed by atoms with E-state index >= 15 is 0 Å². The maximum Gasteiger partial charge on any atom is 0.0432 e.